The number of ether oxygens (including phenoxy) is 2. The van der Waals surface area contributed by atoms with Crippen molar-refractivity contribution in [2.24, 2.45) is 0 Å². The highest BCUT2D eigenvalue weighted by molar-refractivity contribution is 5.90. The summed E-state index contributed by atoms with van der Waals surface area (Å²) in [6.07, 6.45) is -9.28. The summed E-state index contributed by atoms with van der Waals surface area (Å²) >= 11 is 0. The molecule has 0 radical (unpaired) electrons. The molecule has 41 heavy (non-hydrogen) atoms. The van der Waals surface area contributed by atoms with Gasteiger partial charge in [-0.25, -0.2) is 4.79 Å². The molecule has 4 atom stereocenters. The van der Waals surface area contributed by atoms with Crippen LogP contribution >= 0.6 is 0 Å². The van der Waals surface area contributed by atoms with Gasteiger partial charge in [-0.2, -0.15) is 0 Å². The molecule has 0 spiro atoms. The van der Waals surface area contributed by atoms with Gasteiger partial charge in [-0.1, -0.05) is 30.3 Å². The minimum absolute atomic E-state index is 0.0422. The molecule has 0 unspecified atom stereocenters. The molecule has 1 aliphatic heterocycles. The largest absolute Gasteiger partial charge is 0.508 e. The molecule has 0 saturated carbocycles. The second kappa shape index (κ2) is 10.4. The van der Waals surface area contributed by atoms with Gasteiger partial charge < -0.3 is 54.7 Å². The van der Waals surface area contributed by atoms with Crippen LogP contribution in [0.5, 0.6) is 23.0 Å². The van der Waals surface area contributed by atoms with Crippen molar-refractivity contribution in [2.45, 2.75) is 36.8 Å². The number of rotatable bonds is 6. The molecule has 0 bridgehead atoms. The number of carboxylic acid groups (broad SMARTS) is 1. The van der Waals surface area contributed by atoms with Crippen molar-refractivity contribution in [1.82, 2.24) is 0 Å². The van der Waals surface area contributed by atoms with E-state index in [9.17, 15) is 50.4 Å². The number of carbonyl (C=O) groups is 1. The summed E-state index contributed by atoms with van der Waals surface area (Å²) in [5, 5.41) is 80.5. The normalized spacial score (nSPS) is 22.0. The maximum absolute atomic E-state index is 13.7. The smallest absolute Gasteiger partial charge is 0.335 e. The molecule has 5 rings (SSSR count). The van der Waals surface area contributed by atoms with Crippen LogP contribution in [0.3, 0.4) is 0 Å². The van der Waals surface area contributed by atoms with E-state index in [2.05, 4.69) is 0 Å². The van der Waals surface area contributed by atoms with Crippen LogP contribution in [0.2, 0.25) is 0 Å². The average molecular weight is 568 g/mol. The summed E-state index contributed by atoms with van der Waals surface area (Å²) in [5.41, 5.74) is 0.229. The molecular weight excluding hydrogens is 544 g/mol. The molecule has 1 aromatic heterocycles. The third kappa shape index (κ3) is 4.92. The number of benzene rings is 3. The molecule has 214 valence electrons. The van der Waals surface area contributed by atoms with Crippen molar-refractivity contribution < 1.29 is 59.5 Å². The summed E-state index contributed by atoms with van der Waals surface area (Å²) < 4.78 is 16.3. The summed E-state index contributed by atoms with van der Waals surface area (Å²) in [6.45, 7) is 0. The third-order valence-electron chi connectivity index (χ3n) is 6.73. The van der Waals surface area contributed by atoms with Gasteiger partial charge in [0, 0.05) is 23.6 Å². The molecule has 4 aromatic rings. The van der Waals surface area contributed by atoms with Crippen LogP contribution < -0.4 is 10.2 Å². The number of aliphatic hydroxyl groups excluding tert-OH is 2. The van der Waals surface area contributed by atoms with E-state index in [1.165, 1.54) is 24.3 Å². The number of carboxylic acids is 1. The van der Waals surface area contributed by atoms with E-state index in [0.29, 0.717) is 5.56 Å². The Hall–Kier alpha value is -4.66. The van der Waals surface area contributed by atoms with Gasteiger partial charge in [-0.15, -0.1) is 0 Å². The Kier molecular flexibility index (Phi) is 7.07. The van der Waals surface area contributed by atoms with Gasteiger partial charge >= 0.3 is 5.97 Å². The zero-order chi connectivity index (χ0) is 29.6. The average Bonchev–Trinajstić information content (AvgIpc) is 2.94. The standard InChI is InChI=1S/C28H24O13/c29-14-8-6-13(7-9-14)22-15(10-12-4-2-1-3-5-12)19(30)18-16(39-22)11-17(20(31)21(18)32)40-27-25(34)28(37,38)24(33)23(41-27)26(35)36/h1-9,11,23-25,27,29,31-34,37-38H,10H2,(H,35,36)/t23-,24+,25-,27-/m0/s1. The van der Waals surface area contributed by atoms with Crippen molar-refractivity contribution in [3.05, 3.63) is 82.0 Å². The monoisotopic (exact) mass is 568 g/mol. The number of aliphatic hydroxyl groups is 4. The lowest BCUT2D eigenvalue weighted by molar-refractivity contribution is -0.369. The van der Waals surface area contributed by atoms with Crippen LogP contribution in [0.4, 0.5) is 0 Å². The van der Waals surface area contributed by atoms with Gasteiger partial charge in [-0.3, -0.25) is 4.79 Å². The van der Waals surface area contributed by atoms with Gasteiger partial charge in [0.15, 0.2) is 23.7 Å². The number of hydrogen-bond acceptors (Lipinski definition) is 12. The minimum atomic E-state index is -3.40. The Bertz CT molecular complexity index is 1660. The molecule has 1 saturated heterocycles. The van der Waals surface area contributed by atoms with E-state index in [0.717, 1.165) is 11.6 Å². The van der Waals surface area contributed by atoms with Crippen molar-refractivity contribution >= 4 is 16.9 Å². The van der Waals surface area contributed by atoms with Gasteiger partial charge in [0.1, 0.15) is 28.6 Å². The molecule has 2 heterocycles. The molecular formula is C28H24O13. The highest BCUT2D eigenvalue weighted by Crippen LogP contribution is 2.44. The molecule has 3 aromatic carbocycles. The van der Waals surface area contributed by atoms with Gasteiger partial charge in [-0.05, 0) is 29.8 Å². The number of phenolic OH excluding ortho intramolecular Hbond substituents is 3. The van der Waals surface area contributed by atoms with E-state index in [-0.39, 0.29) is 29.1 Å². The second-order valence-corrected chi connectivity index (χ2v) is 9.45. The maximum atomic E-state index is 13.7. The third-order valence-corrected chi connectivity index (χ3v) is 6.73. The lowest BCUT2D eigenvalue weighted by atomic mass is 9.95. The van der Waals surface area contributed by atoms with E-state index in [1.807, 2.05) is 0 Å². The van der Waals surface area contributed by atoms with Gasteiger partial charge in [0.2, 0.25) is 23.3 Å². The van der Waals surface area contributed by atoms with Crippen LogP contribution in [0.1, 0.15) is 11.1 Å². The Morgan fingerprint density at radius 1 is 0.927 bits per heavy atom. The van der Waals surface area contributed by atoms with E-state index < -0.39 is 64.4 Å². The van der Waals surface area contributed by atoms with Crippen LogP contribution in [0, 0.1) is 0 Å². The maximum Gasteiger partial charge on any atom is 0.335 e. The zero-order valence-electron chi connectivity index (χ0n) is 20.9. The number of phenols is 3. The fraction of sp³-hybridized carbons (Fsp3) is 0.214. The number of hydrogen-bond donors (Lipinski definition) is 8. The molecule has 0 amide bonds. The number of aliphatic carboxylic acids is 1. The first-order valence-corrected chi connectivity index (χ1v) is 12.1. The van der Waals surface area contributed by atoms with Crippen LogP contribution in [-0.4, -0.2) is 77.2 Å². The fourth-order valence-electron chi connectivity index (χ4n) is 4.54. The first-order chi connectivity index (χ1) is 19.4. The zero-order valence-corrected chi connectivity index (χ0v) is 20.9. The van der Waals surface area contributed by atoms with E-state index >= 15 is 0 Å². The van der Waals surface area contributed by atoms with Crippen LogP contribution in [0.25, 0.3) is 22.3 Å². The van der Waals surface area contributed by atoms with Crippen molar-refractivity contribution in [2.75, 3.05) is 0 Å². The Balaban J connectivity index is 1.65. The first kappa shape index (κ1) is 27.9. The number of fused-ring (bicyclic) bond motifs is 1. The van der Waals surface area contributed by atoms with Gasteiger partial charge in [0.25, 0.3) is 0 Å². The fourth-order valence-corrected chi connectivity index (χ4v) is 4.54. The Morgan fingerprint density at radius 2 is 1.59 bits per heavy atom. The molecule has 1 fully saturated rings. The summed E-state index contributed by atoms with van der Waals surface area (Å²) in [6, 6.07) is 15.6. The van der Waals surface area contributed by atoms with E-state index in [4.69, 9.17) is 13.9 Å². The predicted octanol–water partition coefficient (Wildman–Crippen LogP) is 0.759. The number of aromatic hydroxyl groups is 3. The lowest BCUT2D eigenvalue weighted by Gasteiger charge is -2.43. The lowest BCUT2D eigenvalue weighted by Crippen LogP contribution is -2.69. The second-order valence-electron chi connectivity index (χ2n) is 9.45. The van der Waals surface area contributed by atoms with Crippen molar-refractivity contribution in [1.29, 1.82) is 0 Å². The van der Waals surface area contributed by atoms with Gasteiger partial charge in [0.05, 0.1) is 0 Å². The molecule has 8 N–H and O–H groups in total. The highest BCUT2D eigenvalue weighted by Gasteiger charge is 2.58. The van der Waals surface area contributed by atoms with Crippen molar-refractivity contribution in [3.63, 3.8) is 0 Å². The predicted molar refractivity (Wildman–Crippen MR) is 138 cm³/mol. The van der Waals surface area contributed by atoms with Crippen LogP contribution in [-0.2, 0) is 16.0 Å². The molecule has 13 nitrogen and oxygen atoms in total. The summed E-state index contributed by atoms with van der Waals surface area (Å²) in [4.78, 5) is 25.2. The summed E-state index contributed by atoms with van der Waals surface area (Å²) in [5.74, 6) is -7.88. The van der Waals surface area contributed by atoms with Crippen LogP contribution in [0.15, 0.2) is 69.9 Å². The molecule has 13 heteroatoms. The summed E-state index contributed by atoms with van der Waals surface area (Å²) in [7, 11) is 0. The Labute approximate surface area is 229 Å². The van der Waals surface area contributed by atoms with E-state index in [1.54, 1.807) is 30.3 Å². The Morgan fingerprint density at radius 3 is 2.22 bits per heavy atom. The van der Waals surface area contributed by atoms with Crippen molar-refractivity contribution in [3.8, 4) is 34.3 Å². The first-order valence-electron chi connectivity index (χ1n) is 12.1. The minimum Gasteiger partial charge on any atom is -0.508 e. The highest BCUT2D eigenvalue weighted by atomic mass is 16.7. The SMILES string of the molecule is O=C(O)[C@H]1O[C@H](Oc2cc3oc(-c4ccc(O)cc4)c(Cc4ccccc4)c(=O)c3c(O)c2O)[C@H](O)C(O)(O)[C@@H]1O. The molecule has 1 aliphatic rings. The molecule has 0 aliphatic carbocycles. The quantitative estimate of drug-likeness (QED) is 0.119. The topological polar surface area (TPSA) is 228 Å².